The Labute approximate surface area is 187 Å². The van der Waals surface area contributed by atoms with Crippen LogP contribution in [0, 0.1) is 0 Å². The average molecular weight is 434 g/mol. The maximum Gasteiger partial charge on any atom is 0.245 e. The number of aromatic nitrogens is 2. The van der Waals surface area contributed by atoms with E-state index in [1.165, 1.54) is 0 Å². The maximum absolute atomic E-state index is 11.9. The summed E-state index contributed by atoms with van der Waals surface area (Å²) in [5, 5.41) is 16.4. The van der Waals surface area contributed by atoms with Gasteiger partial charge in [-0.15, -0.1) is 0 Å². The second-order valence-corrected chi connectivity index (χ2v) is 7.63. The average Bonchev–Trinajstić information content (AvgIpc) is 2.81. The van der Waals surface area contributed by atoms with E-state index in [4.69, 9.17) is 9.72 Å². The van der Waals surface area contributed by atoms with Crippen LogP contribution < -0.4 is 10.3 Å². The molecule has 1 saturated heterocycles. The number of morpholine rings is 1. The first-order chi connectivity index (χ1) is 15.6. The van der Waals surface area contributed by atoms with Crippen molar-refractivity contribution < 1.29 is 14.6 Å². The smallest absolute Gasteiger partial charge is 0.245 e. The Bertz CT molecular complexity index is 1020. The van der Waals surface area contributed by atoms with Crippen molar-refractivity contribution in [3.8, 4) is 11.3 Å². The Kier molecular flexibility index (Phi) is 7.06. The summed E-state index contributed by atoms with van der Waals surface area (Å²) in [6.07, 6.45) is 1.15. The SMILES string of the molecule is C[C@@H](O)CC(=O)Nc1ccc(-c2ccnc(N(c3ccccc3)N3CCOCC3)n2)cc1. The van der Waals surface area contributed by atoms with Crippen LogP contribution in [0.3, 0.4) is 0 Å². The number of anilines is 3. The zero-order valence-corrected chi connectivity index (χ0v) is 18.0. The third kappa shape index (κ3) is 5.47. The van der Waals surface area contributed by atoms with E-state index in [9.17, 15) is 9.90 Å². The van der Waals surface area contributed by atoms with E-state index in [-0.39, 0.29) is 12.3 Å². The number of hydrazine groups is 1. The Morgan fingerprint density at radius 2 is 1.84 bits per heavy atom. The van der Waals surface area contributed by atoms with Crippen molar-refractivity contribution in [1.82, 2.24) is 15.0 Å². The summed E-state index contributed by atoms with van der Waals surface area (Å²) in [7, 11) is 0. The molecule has 1 aliphatic heterocycles. The van der Waals surface area contributed by atoms with Crippen molar-refractivity contribution in [3.05, 3.63) is 66.9 Å². The zero-order chi connectivity index (χ0) is 22.3. The third-order valence-electron chi connectivity index (χ3n) is 5.05. The minimum atomic E-state index is -0.673. The van der Waals surface area contributed by atoms with Crippen LogP contribution in [0.25, 0.3) is 11.3 Å². The van der Waals surface area contributed by atoms with E-state index in [1.807, 2.05) is 65.7 Å². The molecule has 0 saturated carbocycles. The summed E-state index contributed by atoms with van der Waals surface area (Å²) in [4.78, 5) is 21.3. The molecule has 166 valence electrons. The minimum Gasteiger partial charge on any atom is -0.393 e. The molecular formula is C24H27N5O3. The number of benzene rings is 2. The number of nitrogens with zero attached hydrogens (tertiary/aromatic N) is 4. The Balaban J connectivity index is 1.58. The summed E-state index contributed by atoms with van der Waals surface area (Å²) in [5.41, 5.74) is 3.36. The number of ether oxygens (including phenoxy) is 1. The standard InChI is InChI=1S/C24H27N5O3/c1-18(30)17-23(31)26-20-9-7-19(8-10-20)22-11-12-25-24(27-22)29(21-5-3-2-4-6-21)28-13-15-32-16-14-28/h2-12,18,30H,13-17H2,1H3,(H,26,31)/t18-/m1/s1. The number of carbonyl (C=O) groups excluding carboxylic acids is 1. The van der Waals surface area contributed by atoms with E-state index >= 15 is 0 Å². The molecule has 2 N–H and O–H groups in total. The lowest BCUT2D eigenvalue weighted by Gasteiger charge is -2.37. The van der Waals surface area contributed by atoms with Crippen molar-refractivity contribution in [2.45, 2.75) is 19.4 Å². The summed E-state index contributed by atoms with van der Waals surface area (Å²) >= 11 is 0. The summed E-state index contributed by atoms with van der Waals surface area (Å²) in [6.45, 7) is 4.41. The second-order valence-electron chi connectivity index (χ2n) is 7.63. The van der Waals surface area contributed by atoms with Crippen LogP contribution in [0.15, 0.2) is 66.9 Å². The highest BCUT2D eigenvalue weighted by molar-refractivity contribution is 5.91. The molecule has 0 unspecified atom stereocenters. The first-order valence-corrected chi connectivity index (χ1v) is 10.7. The third-order valence-corrected chi connectivity index (χ3v) is 5.05. The number of carbonyl (C=O) groups is 1. The number of rotatable bonds is 7. The van der Waals surface area contributed by atoms with E-state index in [0.29, 0.717) is 24.8 Å². The molecule has 1 aliphatic rings. The first kappa shape index (κ1) is 21.9. The van der Waals surface area contributed by atoms with Crippen LogP contribution in [0.5, 0.6) is 0 Å². The molecule has 0 bridgehead atoms. The van der Waals surface area contributed by atoms with E-state index in [2.05, 4.69) is 15.3 Å². The van der Waals surface area contributed by atoms with Gasteiger partial charge in [0.15, 0.2) is 0 Å². The lowest BCUT2D eigenvalue weighted by Crippen LogP contribution is -2.47. The molecule has 0 radical (unpaired) electrons. The van der Waals surface area contributed by atoms with Crippen LogP contribution in [0.1, 0.15) is 13.3 Å². The van der Waals surface area contributed by atoms with Gasteiger partial charge in [-0.2, -0.15) is 0 Å². The number of nitrogens with one attached hydrogen (secondary N) is 1. The van der Waals surface area contributed by atoms with E-state index in [0.717, 1.165) is 30.0 Å². The first-order valence-electron chi connectivity index (χ1n) is 10.7. The van der Waals surface area contributed by atoms with Gasteiger partial charge in [-0.1, -0.05) is 30.3 Å². The quantitative estimate of drug-likeness (QED) is 0.591. The Morgan fingerprint density at radius 1 is 1.12 bits per heavy atom. The highest BCUT2D eigenvalue weighted by Crippen LogP contribution is 2.27. The highest BCUT2D eigenvalue weighted by atomic mass is 16.5. The number of aliphatic hydroxyl groups excluding tert-OH is 1. The minimum absolute atomic E-state index is 0.0634. The van der Waals surface area contributed by atoms with Crippen LogP contribution in [0.4, 0.5) is 17.3 Å². The largest absolute Gasteiger partial charge is 0.393 e. The fourth-order valence-electron chi connectivity index (χ4n) is 3.54. The topological polar surface area (TPSA) is 90.8 Å². The highest BCUT2D eigenvalue weighted by Gasteiger charge is 2.23. The van der Waals surface area contributed by atoms with E-state index < -0.39 is 6.10 Å². The van der Waals surface area contributed by atoms with Crippen LogP contribution in [-0.4, -0.2) is 58.4 Å². The predicted octanol–water partition coefficient (Wildman–Crippen LogP) is 3.24. The molecule has 3 aromatic rings. The van der Waals surface area contributed by atoms with Crippen molar-refractivity contribution >= 4 is 23.2 Å². The molecule has 2 aromatic carbocycles. The molecule has 1 fully saturated rings. The number of aliphatic hydroxyl groups is 1. The monoisotopic (exact) mass is 433 g/mol. The Morgan fingerprint density at radius 3 is 2.53 bits per heavy atom. The molecule has 4 rings (SSSR count). The van der Waals surface area contributed by atoms with Gasteiger partial charge in [0, 0.05) is 30.5 Å². The van der Waals surface area contributed by atoms with Gasteiger partial charge in [0.25, 0.3) is 0 Å². The van der Waals surface area contributed by atoms with Crippen molar-refractivity contribution in [1.29, 1.82) is 0 Å². The van der Waals surface area contributed by atoms with Gasteiger partial charge >= 0.3 is 0 Å². The van der Waals surface area contributed by atoms with Crippen LogP contribution in [-0.2, 0) is 9.53 Å². The number of para-hydroxylation sites is 1. The molecule has 2 heterocycles. The van der Waals surface area contributed by atoms with Gasteiger partial charge in [0.05, 0.1) is 37.1 Å². The second kappa shape index (κ2) is 10.3. The van der Waals surface area contributed by atoms with Crippen molar-refractivity contribution in [2.75, 3.05) is 36.6 Å². The molecule has 0 aliphatic carbocycles. The van der Waals surface area contributed by atoms with Crippen molar-refractivity contribution in [2.24, 2.45) is 0 Å². The maximum atomic E-state index is 11.9. The van der Waals surface area contributed by atoms with Gasteiger partial charge in [0.2, 0.25) is 11.9 Å². The molecular weight excluding hydrogens is 406 g/mol. The van der Waals surface area contributed by atoms with Crippen LogP contribution in [0.2, 0.25) is 0 Å². The lowest BCUT2D eigenvalue weighted by atomic mass is 10.1. The summed E-state index contributed by atoms with van der Waals surface area (Å²) < 4.78 is 5.52. The predicted molar refractivity (Wildman–Crippen MR) is 123 cm³/mol. The normalized spacial score (nSPS) is 15.2. The molecule has 32 heavy (non-hydrogen) atoms. The number of amides is 1. The Hall–Kier alpha value is -3.33. The van der Waals surface area contributed by atoms with Gasteiger partial charge < -0.3 is 15.2 Å². The zero-order valence-electron chi connectivity index (χ0n) is 18.0. The molecule has 1 aromatic heterocycles. The molecule has 0 spiro atoms. The lowest BCUT2D eigenvalue weighted by molar-refractivity contribution is -0.117. The van der Waals surface area contributed by atoms with Gasteiger partial charge in [-0.3, -0.25) is 4.79 Å². The van der Waals surface area contributed by atoms with E-state index in [1.54, 1.807) is 13.1 Å². The van der Waals surface area contributed by atoms with Gasteiger partial charge in [0.1, 0.15) is 0 Å². The molecule has 8 nitrogen and oxygen atoms in total. The molecule has 1 amide bonds. The van der Waals surface area contributed by atoms with Gasteiger partial charge in [-0.25, -0.2) is 20.0 Å². The van der Waals surface area contributed by atoms with Crippen molar-refractivity contribution in [3.63, 3.8) is 0 Å². The summed E-state index contributed by atoms with van der Waals surface area (Å²) in [6, 6.07) is 19.4. The fraction of sp³-hybridized carbons (Fsp3) is 0.292. The molecule has 8 heteroatoms. The van der Waals surface area contributed by atoms with Crippen LogP contribution >= 0.6 is 0 Å². The van der Waals surface area contributed by atoms with Gasteiger partial charge in [-0.05, 0) is 37.3 Å². The molecule has 1 atom stereocenters. The summed E-state index contributed by atoms with van der Waals surface area (Å²) in [5.74, 6) is 0.367. The fourth-order valence-corrected chi connectivity index (χ4v) is 3.54. The number of hydrogen-bond donors (Lipinski definition) is 2. The number of hydrogen-bond acceptors (Lipinski definition) is 7.